The third-order valence-corrected chi connectivity index (χ3v) is 8.28. The highest BCUT2D eigenvalue weighted by Gasteiger charge is 2.63. The van der Waals surface area contributed by atoms with Crippen molar-refractivity contribution in [3.63, 3.8) is 0 Å². The molecule has 0 amide bonds. The Morgan fingerprint density at radius 1 is 0.617 bits per heavy atom. The first kappa shape index (κ1) is 30.8. The van der Waals surface area contributed by atoms with Crippen molar-refractivity contribution in [2.24, 2.45) is 0 Å². The van der Waals surface area contributed by atoms with Crippen LogP contribution in [0.3, 0.4) is 0 Å². The van der Waals surface area contributed by atoms with Crippen LogP contribution < -0.4 is 0 Å². The highest BCUT2D eigenvalue weighted by Crippen LogP contribution is 2.45. The fourth-order valence-electron chi connectivity index (χ4n) is 5.78. The van der Waals surface area contributed by atoms with E-state index in [1.807, 2.05) is 127 Å². The molecular weight excluding hydrogens is 596 g/mol. The number of fused-ring (bicyclic) bond motifs is 3. The summed E-state index contributed by atoms with van der Waals surface area (Å²) in [5, 5.41) is 38.2. The summed E-state index contributed by atoms with van der Waals surface area (Å²) < 4.78 is 30.8. The second-order valence-electron chi connectivity index (χ2n) is 11.5. The molecule has 1 aliphatic rings. The van der Waals surface area contributed by atoms with Crippen LogP contribution >= 0.6 is 0 Å². The number of ether oxygens (including phenoxy) is 4. The summed E-state index contributed by atoms with van der Waals surface area (Å²) in [6.45, 7) is -0.235. The summed E-state index contributed by atoms with van der Waals surface area (Å²) in [5.41, 5.74) is 3.89. The lowest BCUT2D eigenvalue weighted by atomic mass is 9.92. The Balaban J connectivity index is 1.33. The molecule has 0 saturated carbocycles. The van der Waals surface area contributed by atoms with Crippen molar-refractivity contribution < 1.29 is 38.7 Å². The number of hydrogen-bond acceptors (Lipinski definition) is 8. The van der Waals surface area contributed by atoms with Crippen LogP contribution in [0, 0.1) is 0 Å². The van der Waals surface area contributed by atoms with E-state index < -0.39 is 24.0 Å². The van der Waals surface area contributed by atoms with Crippen molar-refractivity contribution >= 4 is 27.7 Å². The molecule has 5 aromatic carbocycles. The Labute approximate surface area is 271 Å². The van der Waals surface area contributed by atoms with Crippen molar-refractivity contribution in [2.75, 3.05) is 0 Å². The number of aliphatic hydroxyl groups excluding tert-OH is 1. The molecule has 2 heterocycles. The van der Waals surface area contributed by atoms with E-state index in [4.69, 9.17) is 23.4 Å². The zero-order valence-corrected chi connectivity index (χ0v) is 25.4. The van der Waals surface area contributed by atoms with Gasteiger partial charge in [-0.2, -0.15) is 0 Å². The van der Waals surface area contributed by atoms with Gasteiger partial charge in [0, 0.05) is 16.8 Å². The molecule has 0 saturated heterocycles. The maximum Gasteiger partial charge on any atom is 0.269 e. The minimum absolute atomic E-state index is 0.00185. The van der Waals surface area contributed by atoms with Crippen molar-refractivity contribution in [3.05, 3.63) is 162 Å². The van der Waals surface area contributed by atoms with Gasteiger partial charge in [0.25, 0.3) is 5.79 Å². The molecule has 1 unspecified atom stereocenters. The van der Waals surface area contributed by atoms with Crippen LogP contribution in [0.25, 0.3) is 27.7 Å². The van der Waals surface area contributed by atoms with E-state index in [1.54, 1.807) is 6.07 Å². The predicted molar refractivity (Wildman–Crippen MR) is 176 cm³/mol. The number of aliphatic hydroxyl groups is 3. The summed E-state index contributed by atoms with van der Waals surface area (Å²) in [5.74, 6) is -5.09. The molecule has 0 fully saturated rings. The minimum Gasteiger partial charge on any atom is -0.478 e. The third kappa shape index (κ3) is 6.18. The van der Waals surface area contributed by atoms with E-state index in [0.717, 1.165) is 21.9 Å². The molecule has 8 nitrogen and oxygen atoms in total. The summed E-state index contributed by atoms with van der Waals surface area (Å²) in [6, 6.07) is 40.9. The molecule has 7 rings (SSSR count). The molecule has 0 bridgehead atoms. The average Bonchev–Trinajstić information content (AvgIpc) is 3.50. The maximum atomic E-state index is 12.4. The highest BCUT2D eigenvalue weighted by atomic mass is 16.7. The number of benzene rings is 5. The first-order chi connectivity index (χ1) is 22.9. The fraction of sp³-hybridized carbons (Fsp3) is 0.179. The number of para-hydroxylation sites is 2. The van der Waals surface area contributed by atoms with E-state index in [2.05, 4.69) is 0 Å². The van der Waals surface area contributed by atoms with Gasteiger partial charge >= 0.3 is 0 Å². The zero-order chi connectivity index (χ0) is 32.3. The first-order valence-electron chi connectivity index (χ1n) is 15.4. The van der Waals surface area contributed by atoms with Gasteiger partial charge in [0.2, 0.25) is 11.9 Å². The third-order valence-electron chi connectivity index (χ3n) is 8.28. The van der Waals surface area contributed by atoms with Crippen LogP contribution in [0.15, 0.2) is 144 Å². The molecule has 1 aromatic heterocycles. The molecule has 238 valence electrons. The van der Waals surface area contributed by atoms with Crippen LogP contribution in [-0.2, 0) is 38.8 Å². The predicted octanol–water partition coefficient (Wildman–Crippen LogP) is 6.67. The van der Waals surface area contributed by atoms with Gasteiger partial charge in [-0.3, -0.25) is 0 Å². The topological polar surface area (TPSA) is 111 Å². The lowest BCUT2D eigenvalue weighted by Gasteiger charge is -2.48. The van der Waals surface area contributed by atoms with Crippen LogP contribution in [0.2, 0.25) is 0 Å². The number of rotatable bonds is 11. The Bertz CT molecular complexity index is 1970. The smallest absolute Gasteiger partial charge is 0.269 e. The van der Waals surface area contributed by atoms with E-state index in [-0.39, 0.29) is 25.6 Å². The maximum absolute atomic E-state index is 12.4. The number of furan rings is 1. The van der Waals surface area contributed by atoms with Crippen molar-refractivity contribution in [3.8, 4) is 0 Å². The molecule has 8 heteroatoms. The van der Waals surface area contributed by atoms with E-state index >= 15 is 0 Å². The van der Waals surface area contributed by atoms with Crippen LogP contribution in [0.5, 0.6) is 0 Å². The van der Waals surface area contributed by atoms with E-state index in [1.165, 1.54) is 6.08 Å². The quantitative estimate of drug-likeness (QED) is 0.136. The zero-order valence-electron chi connectivity index (χ0n) is 25.4. The average molecular weight is 631 g/mol. The minimum atomic E-state index is -2.65. The van der Waals surface area contributed by atoms with Crippen LogP contribution in [0.1, 0.15) is 22.3 Å². The molecule has 6 aromatic rings. The van der Waals surface area contributed by atoms with Gasteiger partial charge in [0.1, 0.15) is 16.9 Å². The molecule has 0 aliphatic carbocycles. The van der Waals surface area contributed by atoms with Gasteiger partial charge in [-0.15, -0.1) is 0 Å². The Morgan fingerprint density at radius 3 is 1.83 bits per heavy atom. The standard InChI is InChI=1S/C39H34O8/c40-37(43-24-27-13-4-1-5-14-27)36-39(42,45-26-29-17-8-3-9-18-29)38(41,44-25-28-15-6-2-7-16-28)23-34(47-36)32-21-12-20-31-30-19-10-11-22-33(30)46-35(31)32/h1-23,36-37,40-42H,24-26H2/t36-,37?,38+,39+/m1/s1. The summed E-state index contributed by atoms with van der Waals surface area (Å²) >= 11 is 0. The van der Waals surface area contributed by atoms with Gasteiger partial charge in [0.05, 0.1) is 25.4 Å². The Kier molecular flexibility index (Phi) is 8.62. The molecule has 0 spiro atoms. The number of hydrogen-bond donors (Lipinski definition) is 3. The van der Waals surface area contributed by atoms with Gasteiger partial charge in [-0.05, 0) is 28.8 Å². The second kappa shape index (κ2) is 13.1. The summed E-state index contributed by atoms with van der Waals surface area (Å²) in [6.07, 6.45) is -2.19. The molecule has 1 aliphatic heterocycles. The van der Waals surface area contributed by atoms with E-state index in [0.29, 0.717) is 22.3 Å². The lowest BCUT2D eigenvalue weighted by Crippen LogP contribution is -2.68. The molecule has 4 atom stereocenters. The van der Waals surface area contributed by atoms with Crippen molar-refractivity contribution in [2.45, 2.75) is 43.8 Å². The molecule has 47 heavy (non-hydrogen) atoms. The lowest BCUT2D eigenvalue weighted by molar-refractivity contribution is -0.420. The summed E-state index contributed by atoms with van der Waals surface area (Å²) in [4.78, 5) is 0. The first-order valence-corrected chi connectivity index (χ1v) is 15.4. The van der Waals surface area contributed by atoms with Gasteiger partial charge in [-0.1, -0.05) is 121 Å². The fourth-order valence-corrected chi connectivity index (χ4v) is 5.78. The second-order valence-corrected chi connectivity index (χ2v) is 11.5. The monoisotopic (exact) mass is 630 g/mol. The molecular formula is C39H34O8. The SMILES string of the molecule is OC(OCc1ccccc1)[C@H]1OC(c2cccc3c2oc2ccccc23)=C[C@](O)(OCc2ccccc2)[C@@]1(O)OCc1ccccc1. The molecule has 3 N–H and O–H groups in total. The van der Waals surface area contributed by atoms with Crippen molar-refractivity contribution in [1.82, 2.24) is 0 Å². The van der Waals surface area contributed by atoms with Gasteiger partial charge in [0.15, 0.2) is 6.29 Å². The van der Waals surface area contributed by atoms with Crippen molar-refractivity contribution in [1.29, 1.82) is 0 Å². The highest BCUT2D eigenvalue weighted by molar-refractivity contribution is 6.07. The van der Waals surface area contributed by atoms with Gasteiger partial charge in [-0.25, -0.2) is 0 Å². The normalized spacial score (nSPS) is 21.8. The summed E-state index contributed by atoms with van der Waals surface area (Å²) in [7, 11) is 0. The van der Waals surface area contributed by atoms with Crippen LogP contribution in [-0.4, -0.2) is 39.3 Å². The Morgan fingerprint density at radius 2 is 1.17 bits per heavy atom. The Hall–Kier alpha value is -4.80. The van der Waals surface area contributed by atoms with E-state index in [9.17, 15) is 15.3 Å². The molecule has 0 radical (unpaired) electrons. The van der Waals surface area contributed by atoms with Gasteiger partial charge < -0.3 is 38.7 Å². The van der Waals surface area contributed by atoms with Crippen LogP contribution in [0.4, 0.5) is 0 Å². The largest absolute Gasteiger partial charge is 0.478 e.